The normalized spacial score (nSPS) is 15.2. The summed E-state index contributed by atoms with van der Waals surface area (Å²) in [6.45, 7) is 4.86. The van der Waals surface area contributed by atoms with Crippen LogP contribution in [0.2, 0.25) is 0 Å². The third-order valence-electron chi connectivity index (χ3n) is 7.76. The first-order valence-corrected chi connectivity index (χ1v) is 17.3. The minimum Gasteiger partial charge on any atom is -0.457 e. The predicted molar refractivity (Wildman–Crippen MR) is 175 cm³/mol. The molecule has 1 saturated heterocycles. The van der Waals surface area contributed by atoms with E-state index in [1.807, 2.05) is 20.2 Å². The second kappa shape index (κ2) is 13.5. The number of benzene rings is 3. The molecule has 242 valence electrons. The smallest absolute Gasteiger partial charge is 0.421 e. The topological polar surface area (TPSA) is 99.7 Å². The van der Waals surface area contributed by atoms with E-state index < -0.39 is 30.7 Å². The summed E-state index contributed by atoms with van der Waals surface area (Å²) in [7, 11) is 1.14. The molecule has 5 rings (SSSR count). The van der Waals surface area contributed by atoms with Gasteiger partial charge in [0.05, 0.1) is 11.3 Å². The van der Waals surface area contributed by atoms with E-state index in [4.69, 9.17) is 4.74 Å². The summed E-state index contributed by atoms with van der Waals surface area (Å²) in [6, 6.07) is 21.1. The lowest BCUT2D eigenvalue weighted by Crippen LogP contribution is -2.31. The van der Waals surface area contributed by atoms with E-state index in [1.54, 1.807) is 80.1 Å². The lowest BCUT2D eigenvalue weighted by molar-refractivity contribution is -0.137. The van der Waals surface area contributed by atoms with Crippen molar-refractivity contribution in [2.24, 2.45) is 0 Å². The first kappa shape index (κ1) is 33.0. The number of carbonyl (C=O) groups excluding carboxylic acids is 1. The second-order valence-electron chi connectivity index (χ2n) is 11.7. The third kappa shape index (κ3) is 8.05. The Balaban J connectivity index is 1.35. The molecule has 0 amide bonds. The molecule has 13 heteroatoms. The number of hydrogen-bond acceptors (Lipinski definition) is 9. The molecule has 1 fully saturated rings. The Kier molecular flexibility index (Phi) is 9.69. The zero-order chi connectivity index (χ0) is 33.1. The van der Waals surface area contributed by atoms with Gasteiger partial charge >= 0.3 is 12.1 Å². The van der Waals surface area contributed by atoms with Gasteiger partial charge in [-0.2, -0.15) is 18.2 Å². The number of rotatable bonds is 10. The van der Waals surface area contributed by atoms with E-state index in [9.17, 15) is 22.5 Å². The molecule has 9 nitrogen and oxygen atoms in total. The lowest BCUT2D eigenvalue weighted by Gasteiger charge is -2.24. The van der Waals surface area contributed by atoms with E-state index in [2.05, 4.69) is 30.4 Å². The summed E-state index contributed by atoms with van der Waals surface area (Å²) in [6.07, 6.45) is -3.04. The highest BCUT2D eigenvalue weighted by Crippen LogP contribution is 2.42. The highest BCUT2D eigenvalue weighted by Gasteiger charge is 2.36. The highest BCUT2D eigenvalue weighted by molar-refractivity contribution is 7.70. The van der Waals surface area contributed by atoms with E-state index in [-0.39, 0.29) is 18.2 Å². The number of ether oxygens (including phenoxy) is 1. The number of hydrogen-bond donors (Lipinski definition) is 2. The molecule has 0 bridgehead atoms. The molecule has 0 spiro atoms. The van der Waals surface area contributed by atoms with Gasteiger partial charge in [-0.1, -0.05) is 30.3 Å². The van der Waals surface area contributed by atoms with Crippen molar-refractivity contribution in [2.75, 3.05) is 56.0 Å². The molecule has 1 atom stereocenters. The van der Waals surface area contributed by atoms with Gasteiger partial charge in [-0.05, 0) is 81.9 Å². The maximum Gasteiger partial charge on any atom is 0.421 e. The fourth-order valence-corrected chi connectivity index (χ4v) is 6.31. The van der Waals surface area contributed by atoms with Crippen LogP contribution in [0.25, 0.3) is 0 Å². The molecule has 2 heterocycles. The summed E-state index contributed by atoms with van der Waals surface area (Å²) < 4.78 is 60.9. The quantitative estimate of drug-likeness (QED) is 0.143. The van der Waals surface area contributed by atoms with Gasteiger partial charge in [-0.3, -0.25) is 0 Å². The van der Waals surface area contributed by atoms with Gasteiger partial charge in [0, 0.05) is 42.0 Å². The molecule has 2 N–H and O–H groups in total. The number of nitrogens with one attached hydrogen (secondary N) is 2. The number of halogens is 3. The van der Waals surface area contributed by atoms with Crippen LogP contribution in [-0.4, -0.2) is 67.4 Å². The Morgan fingerprint density at radius 3 is 2.39 bits per heavy atom. The molecular weight excluding hydrogens is 616 g/mol. The predicted octanol–water partition coefficient (Wildman–Crippen LogP) is 6.73. The number of carbonyl (C=O) groups is 1. The Morgan fingerprint density at radius 2 is 1.76 bits per heavy atom. The molecule has 0 saturated carbocycles. The Bertz CT molecular complexity index is 1730. The van der Waals surface area contributed by atoms with E-state index in [0.29, 0.717) is 28.8 Å². The summed E-state index contributed by atoms with van der Waals surface area (Å²) in [5.41, 5.74) is 1.77. The van der Waals surface area contributed by atoms with Gasteiger partial charge in [-0.15, -0.1) is 0 Å². The largest absolute Gasteiger partial charge is 0.457 e. The van der Waals surface area contributed by atoms with Crippen LogP contribution in [0.4, 0.5) is 42.0 Å². The standard InChI is InChI=1S/C33H36F3N6O3P/c1-41(2)26-16-17-42(20-26)25-14-15-28(29(18-25)46(3,4)44)39-30-27(33(34,35)36)19-37-32(40-30)38-24-12-10-22(11-13-24)21-45-31(43)23-8-6-5-7-9-23/h5-15,18-19,26H,16-17,20-21H2,1-4H3,(H2,37,38,39,40)/t26-/m1/s1. The maximum atomic E-state index is 14.1. The van der Waals surface area contributed by atoms with Crippen LogP contribution in [0.15, 0.2) is 79.0 Å². The van der Waals surface area contributed by atoms with Crippen LogP contribution >= 0.6 is 7.14 Å². The second-order valence-corrected chi connectivity index (χ2v) is 14.9. The number of anilines is 5. The highest BCUT2D eigenvalue weighted by atomic mass is 31.2. The summed E-state index contributed by atoms with van der Waals surface area (Å²) in [5, 5.41) is 6.18. The van der Waals surface area contributed by atoms with Gasteiger partial charge in [0.25, 0.3) is 0 Å². The van der Waals surface area contributed by atoms with Crippen molar-refractivity contribution >= 4 is 47.2 Å². The minimum absolute atomic E-state index is 0.0483. The van der Waals surface area contributed by atoms with E-state index >= 15 is 0 Å². The first-order chi connectivity index (χ1) is 21.8. The summed E-state index contributed by atoms with van der Waals surface area (Å²) in [5.74, 6) is -0.985. The van der Waals surface area contributed by atoms with Crippen molar-refractivity contribution < 1.29 is 27.3 Å². The summed E-state index contributed by atoms with van der Waals surface area (Å²) in [4.78, 5) is 24.6. The number of aromatic nitrogens is 2. The number of likely N-dealkylation sites (N-methyl/N-ethyl adjacent to an activating group) is 1. The molecule has 4 aromatic rings. The SMILES string of the molecule is CN(C)[C@@H]1CCN(c2ccc(Nc3nc(Nc4ccc(COC(=O)c5ccccc5)cc4)ncc3C(F)(F)F)c(P(C)(C)=O)c2)C1. The van der Waals surface area contributed by atoms with Gasteiger partial charge < -0.3 is 29.7 Å². The van der Waals surface area contributed by atoms with Gasteiger partial charge in [0.15, 0.2) is 0 Å². The molecule has 1 aliphatic heterocycles. The maximum absolute atomic E-state index is 14.1. The van der Waals surface area contributed by atoms with Crippen molar-refractivity contribution in [1.82, 2.24) is 14.9 Å². The zero-order valence-electron chi connectivity index (χ0n) is 26.0. The first-order valence-electron chi connectivity index (χ1n) is 14.7. The van der Waals surface area contributed by atoms with Crippen LogP contribution in [0.1, 0.15) is 27.9 Å². The van der Waals surface area contributed by atoms with E-state index in [0.717, 1.165) is 30.8 Å². The zero-order valence-corrected chi connectivity index (χ0v) is 26.9. The Hall–Kier alpha value is -4.41. The average molecular weight is 653 g/mol. The fourth-order valence-electron chi connectivity index (χ4n) is 5.16. The van der Waals surface area contributed by atoms with Gasteiger partial charge in [-0.25, -0.2) is 9.78 Å². The molecular formula is C33H36F3N6O3P. The number of esters is 1. The van der Waals surface area contributed by atoms with Crippen LogP contribution in [0.3, 0.4) is 0 Å². The van der Waals surface area contributed by atoms with Crippen LogP contribution in [-0.2, 0) is 22.1 Å². The summed E-state index contributed by atoms with van der Waals surface area (Å²) >= 11 is 0. The fraction of sp³-hybridized carbons (Fsp3) is 0.303. The van der Waals surface area contributed by atoms with E-state index in [1.165, 1.54) is 0 Å². The molecule has 0 radical (unpaired) electrons. The van der Waals surface area contributed by atoms with Crippen LogP contribution in [0, 0.1) is 0 Å². The molecule has 1 aromatic heterocycles. The van der Waals surface area contributed by atoms with Crippen molar-refractivity contribution in [3.8, 4) is 0 Å². The number of nitrogens with zero attached hydrogens (tertiary/aromatic N) is 4. The van der Waals surface area contributed by atoms with Crippen molar-refractivity contribution in [1.29, 1.82) is 0 Å². The Morgan fingerprint density at radius 1 is 1.04 bits per heavy atom. The van der Waals surface area contributed by atoms with Crippen molar-refractivity contribution in [2.45, 2.75) is 25.2 Å². The molecule has 0 unspecified atom stereocenters. The molecule has 0 aliphatic carbocycles. The minimum atomic E-state index is -4.74. The van der Waals surface area contributed by atoms with Crippen LogP contribution in [0.5, 0.6) is 0 Å². The van der Waals surface area contributed by atoms with Gasteiger partial charge in [0.2, 0.25) is 5.95 Å². The third-order valence-corrected chi connectivity index (χ3v) is 9.29. The number of alkyl halides is 3. The van der Waals surface area contributed by atoms with Gasteiger partial charge in [0.1, 0.15) is 25.1 Å². The van der Waals surface area contributed by atoms with Crippen LogP contribution < -0.4 is 20.8 Å². The molecule has 3 aromatic carbocycles. The van der Waals surface area contributed by atoms with Crippen molar-refractivity contribution in [3.63, 3.8) is 0 Å². The lowest BCUT2D eigenvalue weighted by atomic mass is 10.2. The average Bonchev–Trinajstić information content (AvgIpc) is 3.51. The molecule has 46 heavy (non-hydrogen) atoms. The van der Waals surface area contributed by atoms with Crippen molar-refractivity contribution in [3.05, 3.63) is 95.7 Å². The Labute approximate surface area is 266 Å². The monoisotopic (exact) mass is 652 g/mol. The molecule has 1 aliphatic rings.